The van der Waals surface area contributed by atoms with Crippen LogP contribution < -0.4 is 25.4 Å². The molecule has 3 aliphatic heterocycles. The number of nitrogens with one attached hydrogen (secondary N) is 3. The van der Waals surface area contributed by atoms with Crippen molar-refractivity contribution >= 4 is 26.5 Å². The normalized spacial score (nSPS) is 24.2. The highest BCUT2D eigenvalue weighted by molar-refractivity contribution is 7.49. The summed E-state index contributed by atoms with van der Waals surface area (Å²) in [4.78, 5) is 32.3. The summed E-state index contributed by atoms with van der Waals surface area (Å²) in [5.74, 6) is 0.761. The molecule has 56 heavy (non-hydrogen) atoms. The number of aliphatic imine (C=N–C) groups is 1. The minimum atomic E-state index is -1.06. The van der Waals surface area contributed by atoms with Gasteiger partial charge in [-0.2, -0.15) is 0 Å². The molecule has 0 saturated carbocycles. The third kappa shape index (κ3) is 8.73. The fourth-order valence-corrected chi connectivity index (χ4v) is 9.88. The maximum atomic E-state index is 13.2. The van der Waals surface area contributed by atoms with Gasteiger partial charge in [0.1, 0.15) is 43.9 Å². The van der Waals surface area contributed by atoms with E-state index in [1.807, 2.05) is 71.6 Å². The van der Waals surface area contributed by atoms with Crippen LogP contribution in [0.2, 0.25) is 0 Å². The van der Waals surface area contributed by atoms with Crippen molar-refractivity contribution in [1.29, 1.82) is 0 Å². The Morgan fingerprint density at radius 3 is 2.04 bits per heavy atom. The predicted octanol–water partition coefficient (Wildman–Crippen LogP) is 5.39. The minimum absolute atomic E-state index is 0.167. The number of hydrogen-bond acceptors (Lipinski definition) is 11. The van der Waals surface area contributed by atoms with Gasteiger partial charge in [0.15, 0.2) is 12.3 Å². The Morgan fingerprint density at radius 2 is 1.50 bits per heavy atom. The van der Waals surface area contributed by atoms with Crippen LogP contribution in [0, 0.1) is 5.92 Å². The van der Waals surface area contributed by atoms with E-state index >= 15 is 0 Å². The smallest absolute Gasteiger partial charge is 0.251 e. The second-order valence-electron chi connectivity index (χ2n) is 15.2. The van der Waals surface area contributed by atoms with E-state index in [9.17, 15) is 9.59 Å². The van der Waals surface area contributed by atoms with Crippen LogP contribution >= 0.6 is 8.30 Å². The SMILES string of the molecule is COc1ccc(C(OC[C@H]2O[C@@H](N3C=NC4C(=O)NC(NC(=O)C(C)C)NC43)C[C@@H]2OP(C)N(C(C)C)C(C)C)(c2ccccc2)c2ccc(OC)cc2)cc1. The molecule has 0 radical (unpaired) electrons. The van der Waals surface area contributed by atoms with Crippen molar-refractivity contribution in [3.05, 3.63) is 95.6 Å². The molecule has 4 unspecified atom stereocenters. The van der Waals surface area contributed by atoms with Gasteiger partial charge in [-0.05, 0) is 75.3 Å². The third-order valence-corrected chi connectivity index (χ3v) is 12.7. The molecule has 3 aliphatic rings. The fourth-order valence-electron chi connectivity index (χ4n) is 7.86. The minimum Gasteiger partial charge on any atom is -0.497 e. The first kappa shape index (κ1) is 41.5. The third-order valence-electron chi connectivity index (χ3n) is 10.5. The monoisotopic (exact) mass is 788 g/mol. The van der Waals surface area contributed by atoms with E-state index in [1.165, 1.54) is 0 Å². The first-order valence-electron chi connectivity index (χ1n) is 19.4. The molecular weight excluding hydrogens is 731 g/mol. The van der Waals surface area contributed by atoms with Gasteiger partial charge in [-0.1, -0.05) is 68.4 Å². The molecule has 3 aromatic carbocycles. The summed E-state index contributed by atoms with van der Waals surface area (Å²) in [6.45, 7) is 14.7. The van der Waals surface area contributed by atoms with Gasteiger partial charge in [-0.3, -0.25) is 24.6 Å². The Kier molecular flexibility index (Phi) is 13.4. The Labute approximate surface area is 332 Å². The van der Waals surface area contributed by atoms with Crippen LogP contribution in [0.15, 0.2) is 83.9 Å². The Bertz CT molecular complexity index is 1740. The molecule has 2 amide bonds. The molecule has 302 valence electrons. The molecule has 0 aliphatic carbocycles. The number of hydrogen-bond donors (Lipinski definition) is 3. The number of carbonyl (C=O) groups excluding carboxylic acids is 2. The number of benzene rings is 3. The average Bonchev–Trinajstić information content (AvgIpc) is 3.79. The van der Waals surface area contributed by atoms with Crippen molar-refractivity contribution in [2.75, 3.05) is 27.5 Å². The lowest BCUT2D eigenvalue weighted by Crippen LogP contribution is -2.71. The van der Waals surface area contributed by atoms with Crippen molar-refractivity contribution in [2.24, 2.45) is 10.9 Å². The van der Waals surface area contributed by atoms with Crippen LogP contribution in [-0.4, -0.2) is 104 Å². The lowest BCUT2D eigenvalue weighted by molar-refractivity contribution is -0.133. The lowest BCUT2D eigenvalue weighted by Gasteiger charge is -2.39. The average molecular weight is 789 g/mol. The standard InChI is InChI=1S/C42H57N6O7P/c1-26(2)39(49)45-41-44-38-37(40(50)46-41)43-25-47(38)36-23-34(55-56(9)48(27(3)4)28(5)6)35(54-36)24-53-42(29-13-11-10-12-14-29,30-15-19-32(51-7)20-16-30)31-17-21-33(52-8)22-18-31/h10-22,25-28,34-38,41,44H,23-24H2,1-9H3,(H,45,49)(H,46,50)/t34-,35+,36+,37?,38?,41?,56?/m0/s1. The maximum absolute atomic E-state index is 13.2. The van der Waals surface area contributed by atoms with Crippen molar-refractivity contribution in [2.45, 2.75) is 103 Å². The number of ether oxygens (including phenoxy) is 4. The molecule has 2 saturated heterocycles. The van der Waals surface area contributed by atoms with Crippen LogP contribution in [0.5, 0.6) is 11.5 Å². The largest absolute Gasteiger partial charge is 0.497 e. The first-order valence-corrected chi connectivity index (χ1v) is 21.0. The zero-order valence-corrected chi connectivity index (χ0v) is 34.7. The first-order chi connectivity index (χ1) is 26.9. The molecule has 3 aromatic rings. The summed E-state index contributed by atoms with van der Waals surface area (Å²) in [6, 6.07) is 25.9. The molecule has 2 fully saturated rings. The zero-order valence-electron chi connectivity index (χ0n) is 33.8. The number of fused-ring (bicyclic) bond motifs is 1. The van der Waals surface area contributed by atoms with Crippen LogP contribution in [-0.2, 0) is 29.2 Å². The van der Waals surface area contributed by atoms with E-state index in [-0.39, 0.29) is 42.5 Å². The number of nitrogens with zero attached hydrogens (tertiary/aromatic N) is 3. The van der Waals surface area contributed by atoms with E-state index in [0.29, 0.717) is 6.42 Å². The Balaban J connectivity index is 1.35. The van der Waals surface area contributed by atoms with Gasteiger partial charge < -0.3 is 39.0 Å². The van der Waals surface area contributed by atoms with Gasteiger partial charge in [0.2, 0.25) is 5.91 Å². The number of rotatable bonds is 16. The molecule has 3 heterocycles. The van der Waals surface area contributed by atoms with Gasteiger partial charge in [-0.25, -0.2) is 0 Å². The summed E-state index contributed by atoms with van der Waals surface area (Å²) in [7, 11) is 2.28. The Hall–Kier alpha value is -4.10. The highest BCUT2D eigenvalue weighted by Crippen LogP contribution is 2.47. The van der Waals surface area contributed by atoms with Crippen molar-refractivity contribution in [3.8, 4) is 11.5 Å². The van der Waals surface area contributed by atoms with Gasteiger partial charge >= 0.3 is 0 Å². The van der Waals surface area contributed by atoms with Gasteiger partial charge in [-0.15, -0.1) is 0 Å². The van der Waals surface area contributed by atoms with Crippen LogP contribution in [0.25, 0.3) is 0 Å². The summed E-state index contributed by atoms with van der Waals surface area (Å²) in [5.41, 5.74) is 1.70. The molecule has 0 spiro atoms. The summed E-state index contributed by atoms with van der Waals surface area (Å²) < 4.78 is 34.8. The van der Waals surface area contributed by atoms with Crippen molar-refractivity contribution in [1.82, 2.24) is 25.5 Å². The zero-order chi connectivity index (χ0) is 40.1. The summed E-state index contributed by atoms with van der Waals surface area (Å²) >= 11 is 0. The fraction of sp³-hybridized carbons (Fsp3) is 0.500. The van der Waals surface area contributed by atoms with Gasteiger partial charge in [0.25, 0.3) is 5.91 Å². The van der Waals surface area contributed by atoms with Gasteiger partial charge in [0.05, 0.1) is 33.3 Å². The summed E-state index contributed by atoms with van der Waals surface area (Å²) in [6.07, 6.45) is -0.508. The molecule has 13 nitrogen and oxygen atoms in total. The van der Waals surface area contributed by atoms with E-state index in [1.54, 1.807) is 34.4 Å². The van der Waals surface area contributed by atoms with Gasteiger partial charge in [0, 0.05) is 24.4 Å². The predicted molar refractivity (Wildman–Crippen MR) is 217 cm³/mol. The lowest BCUT2D eigenvalue weighted by atomic mass is 9.80. The molecule has 7 atom stereocenters. The van der Waals surface area contributed by atoms with Crippen molar-refractivity contribution in [3.63, 3.8) is 0 Å². The molecule has 14 heteroatoms. The highest BCUT2D eigenvalue weighted by atomic mass is 31.2. The molecule has 6 rings (SSSR count). The topological polar surface area (TPSA) is 135 Å². The molecular formula is C42H57N6O7P. The van der Waals surface area contributed by atoms with E-state index in [2.05, 4.69) is 72.1 Å². The highest BCUT2D eigenvalue weighted by Gasteiger charge is 2.50. The molecule has 0 aromatic heterocycles. The van der Waals surface area contributed by atoms with Crippen LogP contribution in [0.4, 0.5) is 0 Å². The van der Waals surface area contributed by atoms with E-state index < -0.39 is 44.7 Å². The summed E-state index contributed by atoms with van der Waals surface area (Å²) in [5, 5.41) is 9.09. The van der Waals surface area contributed by atoms with Crippen molar-refractivity contribution < 1.29 is 33.1 Å². The number of amides is 2. The Morgan fingerprint density at radius 1 is 0.929 bits per heavy atom. The second kappa shape index (κ2) is 18.0. The number of carbonyl (C=O) groups is 2. The van der Waals surface area contributed by atoms with E-state index in [4.69, 9.17) is 23.5 Å². The van der Waals surface area contributed by atoms with Crippen LogP contribution in [0.3, 0.4) is 0 Å². The maximum Gasteiger partial charge on any atom is 0.251 e. The second-order valence-corrected chi connectivity index (χ2v) is 16.8. The number of methoxy groups -OCH3 is 2. The van der Waals surface area contributed by atoms with E-state index in [0.717, 1.165) is 28.2 Å². The molecule has 3 N–H and O–H groups in total. The molecule has 0 bridgehead atoms. The van der Waals surface area contributed by atoms with Crippen LogP contribution in [0.1, 0.15) is 64.7 Å². The quantitative estimate of drug-likeness (QED) is 0.128.